The van der Waals surface area contributed by atoms with E-state index in [9.17, 15) is 19.1 Å². The maximum Gasteiger partial charge on any atom is 0.264 e. The molecule has 11 heteroatoms. The van der Waals surface area contributed by atoms with Gasteiger partial charge >= 0.3 is 0 Å². The maximum absolute atomic E-state index is 13.2. The van der Waals surface area contributed by atoms with Gasteiger partial charge in [0.05, 0.1) is 36.4 Å². The van der Waals surface area contributed by atoms with Crippen molar-refractivity contribution >= 4 is 16.9 Å². The smallest absolute Gasteiger partial charge is 0.264 e. The van der Waals surface area contributed by atoms with Gasteiger partial charge in [0.15, 0.2) is 5.65 Å². The molecule has 6 rings (SSSR count). The molecule has 5 aromatic rings. The Kier molecular flexibility index (Phi) is 5.84. The first-order valence-corrected chi connectivity index (χ1v) is 12.2. The number of aliphatic hydroxyl groups is 1. The number of nitrogens with zero attached hydrogens (tertiary/aromatic N) is 7. The van der Waals surface area contributed by atoms with Crippen LogP contribution in [0.1, 0.15) is 23.2 Å². The summed E-state index contributed by atoms with van der Waals surface area (Å²) in [6.45, 7) is 0.686. The van der Waals surface area contributed by atoms with E-state index in [0.717, 1.165) is 5.69 Å². The third kappa shape index (κ3) is 4.37. The van der Waals surface area contributed by atoms with Crippen LogP contribution in [0, 0.1) is 5.82 Å². The summed E-state index contributed by atoms with van der Waals surface area (Å²) in [6.07, 6.45) is 6.92. The van der Waals surface area contributed by atoms with E-state index in [-0.39, 0.29) is 18.0 Å². The molecule has 3 aromatic heterocycles. The molecule has 0 aliphatic carbocycles. The first-order valence-electron chi connectivity index (χ1n) is 12.2. The predicted molar refractivity (Wildman–Crippen MR) is 137 cm³/mol. The molecule has 4 heterocycles. The lowest BCUT2D eigenvalue weighted by Crippen LogP contribution is -2.49. The number of halogens is 1. The van der Waals surface area contributed by atoms with Crippen molar-refractivity contribution in [1.82, 2.24) is 34.0 Å². The minimum Gasteiger partial charge on any atom is -0.388 e. The van der Waals surface area contributed by atoms with Gasteiger partial charge in [-0.1, -0.05) is 18.2 Å². The lowest BCUT2D eigenvalue weighted by molar-refractivity contribution is -0.0299. The maximum atomic E-state index is 13.2. The second-order valence-corrected chi connectivity index (χ2v) is 9.47. The number of carbonyl (C=O) groups excluding carboxylic acids is 1. The minimum atomic E-state index is -1.18. The van der Waals surface area contributed by atoms with Gasteiger partial charge in [0.1, 0.15) is 23.2 Å². The summed E-state index contributed by atoms with van der Waals surface area (Å²) in [5.74, 6) is -0.617. The topological polar surface area (TPSA) is 111 Å². The predicted octanol–water partition coefficient (Wildman–Crippen LogP) is 2.57. The Balaban J connectivity index is 1.18. The van der Waals surface area contributed by atoms with E-state index in [2.05, 4.69) is 15.2 Å². The van der Waals surface area contributed by atoms with Crippen LogP contribution in [0.3, 0.4) is 0 Å². The minimum absolute atomic E-state index is 0.0461. The molecule has 1 aliphatic heterocycles. The van der Waals surface area contributed by atoms with Gasteiger partial charge in [-0.15, -0.1) is 0 Å². The molecule has 38 heavy (non-hydrogen) atoms. The van der Waals surface area contributed by atoms with Gasteiger partial charge in [-0.05, 0) is 49.2 Å². The molecule has 0 bridgehead atoms. The summed E-state index contributed by atoms with van der Waals surface area (Å²) in [4.78, 5) is 32.1. The van der Waals surface area contributed by atoms with Crippen LogP contribution in [-0.2, 0) is 6.54 Å². The van der Waals surface area contributed by atoms with Crippen molar-refractivity contribution in [2.45, 2.75) is 25.0 Å². The number of hydrogen-bond donors (Lipinski definition) is 1. The van der Waals surface area contributed by atoms with Crippen molar-refractivity contribution in [2.24, 2.45) is 0 Å². The quantitative estimate of drug-likeness (QED) is 0.387. The molecule has 10 nitrogen and oxygen atoms in total. The Hall–Kier alpha value is -4.64. The molecule has 1 N–H and O–H groups in total. The third-order valence-corrected chi connectivity index (χ3v) is 6.93. The highest BCUT2D eigenvalue weighted by Crippen LogP contribution is 2.25. The van der Waals surface area contributed by atoms with E-state index >= 15 is 0 Å². The highest BCUT2D eigenvalue weighted by Gasteiger charge is 2.35. The Morgan fingerprint density at radius 3 is 2.45 bits per heavy atom. The van der Waals surface area contributed by atoms with Crippen LogP contribution in [0.4, 0.5) is 4.39 Å². The first kappa shape index (κ1) is 23.7. The molecule has 0 radical (unpaired) electrons. The van der Waals surface area contributed by atoms with E-state index in [1.807, 2.05) is 30.3 Å². The molecule has 1 saturated heterocycles. The van der Waals surface area contributed by atoms with Crippen LogP contribution in [0.2, 0.25) is 0 Å². The number of para-hydroxylation sites is 1. The Bertz CT molecular complexity index is 1670. The summed E-state index contributed by atoms with van der Waals surface area (Å²) in [6, 6.07) is 15.0. The van der Waals surface area contributed by atoms with E-state index < -0.39 is 11.4 Å². The molecule has 1 aliphatic rings. The number of rotatable bonds is 5. The molecule has 1 amide bonds. The molecule has 0 saturated carbocycles. The lowest BCUT2D eigenvalue weighted by Gasteiger charge is -2.38. The number of hydrogen-bond acceptors (Lipinski definition) is 6. The molecule has 0 spiro atoms. The van der Waals surface area contributed by atoms with E-state index in [0.29, 0.717) is 48.2 Å². The van der Waals surface area contributed by atoms with Crippen LogP contribution >= 0.6 is 0 Å². The lowest BCUT2D eigenvalue weighted by atomic mass is 9.91. The van der Waals surface area contributed by atoms with Crippen molar-refractivity contribution < 1.29 is 14.3 Å². The van der Waals surface area contributed by atoms with Gasteiger partial charge in [0.2, 0.25) is 0 Å². The average Bonchev–Trinajstić information content (AvgIpc) is 3.59. The summed E-state index contributed by atoms with van der Waals surface area (Å²) in [5.41, 5.74) is 0.857. The number of likely N-dealkylation sites (tertiary alicyclic amines) is 1. The van der Waals surface area contributed by atoms with E-state index in [1.165, 1.54) is 41.4 Å². The second-order valence-electron chi connectivity index (χ2n) is 9.47. The highest BCUT2D eigenvalue weighted by molar-refractivity contribution is 5.94. The molecule has 0 atom stereocenters. The van der Waals surface area contributed by atoms with Crippen LogP contribution in [-0.4, -0.2) is 63.7 Å². The number of fused-ring (bicyclic) bond motifs is 1. The van der Waals surface area contributed by atoms with Gasteiger partial charge in [0, 0.05) is 18.7 Å². The van der Waals surface area contributed by atoms with Gasteiger partial charge in [-0.25, -0.2) is 18.7 Å². The van der Waals surface area contributed by atoms with Gasteiger partial charge in [-0.3, -0.25) is 14.2 Å². The molecular formula is C27H24FN7O3. The number of benzene rings is 2. The Morgan fingerprint density at radius 2 is 1.71 bits per heavy atom. The summed E-state index contributed by atoms with van der Waals surface area (Å²) >= 11 is 0. The summed E-state index contributed by atoms with van der Waals surface area (Å²) in [5, 5.41) is 20.3. The number of carbonyl (C=O) groups is 1. The normalized spacial score (nSPS) is 15.2. The fraction of sp³-hybridized carbons (Fsp3) is 0.222. The fourth-order valence-corrected chi connectivity index (χ4v) is 4.77. The van der Waals surface area contributed by atoms with Crippen molar-refractivity contribution in [3.63, 3.8) is 0 Å². The molecule has 0 unspecified atom stereocenters. The molecule has 192 valence electrons. The standard InChI is InChI=1S/C27H24FN7O3/c28-20-8-6-19(7-9-20)25(36)32-12-10-27(38,11-13-32)17-33-18-29-24-23(26(33)37)15-31-35(24)22-14-30-34(16-22)21-4-2-1-3-5-21/h1-9,14-16,18,38H,10-13,17H2. The van der Waals surface area contributed by atoms with Crippen molar-refractivity contribution in [2.75, 3.05) is 13.1 Å². The zero-order valence-corrected chi connectivity index (χ0v) is 20.3. The summed E-state index contributed by atoms with van der Waals surface area (Å²) in [7, 11) is 0. The monoisotopic (exact) mass is 513 g/mol. The molecule has 2 aromatic carbocycles. The van der Waals surface area contributed by atoms with E-state index in [4.69, 9.17) is 0 Å². The average molecular weight is 514 g/mol. The number of piperidine rings is 1. The van der Waals surface area contributed by atoms with Crippen LogP contribution in [0.15, 0.2) is 84.3 Å². The van der Waals surface area contributed by atoms with Crippen LogP contribution in [0.5, 0.6) is 0 Å². The van der Waals surface area contributed by atoms with Gasteiger partial charge in [-0.2, -0.15) is 10.2 Å². The van der Waals surface area contributed by atoms with Gasteiger partial charge in [0.25, 0.3) is 11.5 Å². The van der Waals surface area contributed by atoms with Crippen molar-refractivity contribution in [1.29, 1.82) is 0 Å². The SMILES string of the molecule is O=C(c1ccc(F)cc1)N1CCC(O)(Cn2cnc3c(cnn3-c3cnn(-c4ccccc4)c3)c2=O)CC1. The van der Waals surface area contributed by atoms with Crippen molar-refractivity contribution in [3.8, 4) is 11.4 Å². The number of amides is 1. The number of aromatic nitrogens is 6. The highest BCUT2D eigenvalue weighted by atomic mass is 19.1. The first-order chi connectivity index (χ1) is 18.4. The van der Waals surface area contributed by atoms with Crippen molar-refractivity contribution in [3.05, 3.63) is 101 Å². The van der Waals surface area contributed by atoms with Crippen LogP contribution in [0.25, 0.3) is 22.4 Å². The second kappa shape index (κ2) is 9.34. The largest absolute Gasteiger partial charge is 0.388 e. The zero-order chi connectivity index (χ0) is 26.3. The molecular weight excluding hydrogens is 489 g/mol. The van der Waals surface area contributed by atoms with Gasteiger partial charge < -0.3 is 10.0 Å². The zero-order valence-electron chi connectivity index (χ0n) is 20.3. The summed E-state index contributed by atoms with van der Waals surface area (Å²) < 4.78 is 17.8. The Labute approximate surface area is 216 Å². The van der Waals surface area contributed by atoms with E-state index in [1.54, 1.807) is 26.7 Å². The Morgan fingerprint density at radius 1 is 0.974 bits per heavy atom. The van der Waals surface area contributed by atoms with Crippen LogP contribution < -0.4 is 5.56 Å². The fourth-order valence-electron chi connectivity index (χ4n) is 4.77. The molecule has 1 fully saturated rings. The third-order valence-electron chi connectivity index (χ3n) is 6.93.